The van der Waals surface area contributed by atoms with E-state index in [0.29, 0.717) is 36.8 Å². The van der Waals surface area contributed by atoms with Crippen LogP contribution in [0.3, 0.4) is 0 Å². The molecular weight excluding hydrogens is 540 g/mol. The molecule has 0 radical (unpaired) electrons. The van der Waals surface area contributed by atoms with Crippen molar-refractivity contribution in [3.63, 3.8) is 0 Å². The summed E-state index contributed by atoms with van der Waals surface area (Å²) in [6, 6.07) is 15.7. The van der Waals surface area contributed by atoms with Gasteiger partial charge in [-0.25, -0.2) is 4.79 Å². The van der Waals surface area contributed by atoms with Crippen LogP contribution in [0.25, 0.3) is 6.08 Å². The summed E-state index contributed by atoms with van der Waals surface area (Å²) in [6.45, 7) is 0.0346. The molecule has 172 valence electrons. The van der Waals surface area contributed by atoms with Crippen LogP contribution in [-0.4, -0.2) is 22.0 Å². The van der Waals surface area contributed by atoms with Crippen molar-refractivity contribution < 1.29 is 19.1 Å². The maximum Gasteiger partial charge on any atom is 0.343 e. The van der Waals surface area contributed by atoms with E-state index in [-0.39, 0.29) is 17.2 Å². The lowest BCUT2D eigenvalue weighted by Crippen LogP contribution is -2.27. The molecule has 3 aromatic rings. The first-order chi connectivity index (χ1) is 16.2. The van der Waals surface area contributed by atoms with Gasteiger partial charge in [-0.05, 0) is 78.0 Å². The van der Waals surface area contributed by atoms with Gasteiger partial charge in [0.2, 0.25) is 0 Å². The van der Waals surface area contributed by atoms with Crippen molar-refractivity contribution in [2.24, 2.45) is 0 Å². The monoisotopic (exact) mass is 551 g/mol. The van der Waals surface area contributed by atoms with E-state index in [4.69, 9.17) is 51.1 Å². The number of imide groups is 1. The molecule has 10 heteroatoms. The Labute approximate surface area is 219 Å². The summed E-state index contributed by atoms with van der Waals surface area (Å²) in [6.07, 6.45) is 1.47. The molecular formula is C24H13Cl4NO4S. The third-order valence-corrected chi connectivity index (χ3v) is 6.87. The van der Waals surface area contributed by atoms with Crippen molar-refractivity contribution in [3.8, 4) is 5.75 Å². The molecule has 0 unspecified atom stereocenters. The quantitative estimate of drug-likeness (QED) is 0.184. The molecule has 0 saturated carbocycles. The first kappa shape index (κ1) is 24.6. The third-order valence-electron chi connectivity index (χ3n) is 4.74. The molecule has 4 rings (SSSR count). The Bertz CT molecular complexity index is 1340. The van der Waals surface area contributed by atoms with Crippen LogP contribution < -0.4 is 4.74 Å². The number of nitrogens with zero attached hydrogens (tertiary/aromatic N) is 1. The van der Waals surface area contributed by atoms with Crippen molar-refractivity contribution in [1.29, 1.82) is 0 Å². The number of esters is 1. The topological polar surface area (TPSA) is 63.7 Å². The van der Waals surface area contributed by atoms with E-state index in [1.54, 1.807) is 42.5 Å². The zero-order chi connectivity index (χ0) is 24.4. The van der Waals surface area contributed by atoms with Gasteiger partial charge in [-0.1, -0.05) is 52.5 Å². The largest absolute Gasteiger partial charge is 0.422 e. The molecule has 0 atom stereocenters. The Balaban J connectivity index is 1.58. The summed E-state index contributed by atoms with van der Waals surface area (Å²) in [4.78, 5) is 39.3. The Kier molecular flexibility index (Phi) is 7.55. The predicted molar refractivity (Wildman–Crippen MR) is 136 cm³/mol. The lowest BCUT2D eigenvalue weighted by atomic mass is 10.1. The van der Waals surface area contributed by atoms with Gasteiger partial charge in [0.1, 0.15) is 5.75 Å². The van der Waals surface area contributed by atoms with Crippen LogP contribution in [0.4, 0.5) is 4.79 Å². The lowest BCUT2D eigenvalue weighted by Gasteiger charge is -2.13. The average Bonchev–Trinajstić information content (AvgIpc) is 3.05. The van der Waals surface area contributed by atoms with Gasteiger partial charge < -0.3 is 4.74 Å². The first-order valence-corrected chi connectivity index (χ1v) is 12.0. The van der Waals surface area contributed by atoms with Crippen molar-refractivity contribution in [3.05, 3.63) is 102 Å². The average molecular weight is 553 g/mol. The highest BCUT2D eigenvalue weighted by molar-refractivity contribution is 8.18. The van der Waals surface area contributed by atoms with Crippen LogP contribution in [0.5, 0.6) is 5.75 Å². The molecule has 0 N–H and O–H groups in total. The summed E-state index contributed by atoms with van der Waals surface area (Å²) in [5, 5.41) is 1.12. The SMILES string of the molecule is O=C(Oc1ccc(Cl)cc1/C=C1\SC(=O)N(Cc2ccc(Cl)c(Cl)c2)C1=O)c1ccc(Cl)cc1. The van der Waals surface area contributed by atoms with E-state index in [2.05, 4.69) is 0 Å². The molecule has 1 heterocycles. The van der Waals surface area contributed by atoms with Gasteiger partial charge in [-0.3, -0.25) is 14.5 Å². The van der Waals surface area contributed by atoms with E-state index < -0.39 is 17.1 Å². The zero-order valence-electron chi connectivity index (χ0n) is 17.1. The maximum atomic E-state index is 13.0. The number of carbonyl (C=O) groups is 3. The summed E-state index contributed by atoms with van der Waals surface area (Å²) >= 11 is 24.7. The van der Waals surface area contributed by atoms with E-state index in [9.17, 15) is 14.4 Å². The number of thioether (sulfide) groups is 1. The fourth-order valence-electron chi connectivity index (χ4n) is 3.07. The molecule has 3 aromatic carbocycles. The number of ether oxygens (including phenoxy) is 1. The fraction of sp³-hybridized carbons (Fsp3) is 0.0417. The zero-order valence-corrected chi connectivity index (χ0v) is 20.9. The number of benzene rings is 3. The molecule has 0 bridgehead atoms. The molecule has 1 saturated heterocycles. The third kappa shape index (κ3) is 5.59. The van der Waals surface area contributed by atoms with Gasteiger partial charge >= 0.3 is 5.97 Å². The number of hydrogen-bond donors (Lipinski definition) is 0. The van der Waals surface area contributed by atoms with E-state index >= 15 is 0 Å². The standard InChI is InChI=1S/C24H13Cl4NO4S/c25-16-4-2-14(3-5-16)23(31)33-20-8-6-17(26)10-15(20)11-21-22(30)29(24(32)34-21)12-13-1-7-18(27)19(28)9-13/h1-11H,12H2/b21-11-. The normalized spacial score (nSPS) is 14.7. The number of halogens is 4. The Morgan fingerprint density at radius 1 is 0.882 bits per heavy atom. The summed E-state index contributed by atoms with van der Waals surface area (Å²) in [7, 11) is 0. The van der Waals surface area contributed by atoms with Crippen molar-refractivity contribution in [1.82, 2.24) is 4.90 Å². The molecule has 1 fully saturated rings. The number of amides is 2. The van der Waals surface area contributed by atoms with Gasteiger partial charge in [0.05, 0.1) is 27.1 Å². The summed E-state index contributed by atoms with van der Waals surface area (Å²) in [5.41, 5.74) is 1.32. The highest BCUT2D eigenvalue weighted by atomic mass is 35.5. The smallest absolute Gasteiger partial charge is 0.343 e. The summed E-state index contributed by atoms with van der Waals surface area (Å²) in [5.74, 6) is -0.919. The highest BCUT2D eigenvalue weighted by Gasteiger charge is 2.35. The van der Waals surface area contributed by atoms with Gasteiger partial charge in [0, 0.05) is 15.6 Å². The lowest BCUT2D eigenvalue weighted by molar-refractivity contribution is -0.123. The van der Waals surface area contributed by atoms with Crippen molar-refractivity contribution >= 4 is 81.4 Å². The number of rotatable bonds is 5. The minimum absolute atomic E-state index is 0.0346. The van der Waals surface area contributed by atoms with Gasteiger partial charge in [0.15, 0.2) is 0 Å². The second-order valence-electron chi connectivity index (χ2n) is 7.09. The fourth-order valence-corrected chi connectivity index (χ4v) is 4.52. The van der Waals surface area contributed by atoms with E-state index in [0.717, 1.165) is 16.7 Å². The molecule has 1 aliphatic heterocycles. The van der Waals surface area contributed by atoms with Crippen molar-refractivity contribution in [2.45, 2.75) is 6.54 Å². The minimum Gasteiger partial charge on any atom is -0.422 e. The maximum absolute atomic E-state index is 13.0. The van der Waals surface area contributed by atoms with Gasteiger partial charge in [0.25, 0.3) is 11.1 Å². The van der Waals surface area contributed by atoms with Crippen LogP contribution in [0, 0.1) is 0 Å². The van der Waals surface area contributed by atoms with Crippen LogP contribution in [-0.2, 0) is 11.3 Å². The highest BCUT2D eigenvalue weighted by Crippen LogP contribution is 2.36. The number of hydrogen-bond acceptors (Lipinski definition) is 5. The first-order valence-electron chi connectivity index (χ1n) is 9.68. The molecule has 2 amide bonds. The Morgan fingerprint density at radius 3 is 2.29 bits per heavy atom. The van der Waals surface area contributed by atoms with E-state index in [1.807, 2.05) is 0 Å². The number of carbonyl (C=O) groups excluding carboxylic acids is 3. The predicted octanol–water partition coefficient (Wildman–Crippen LogP) is 7.76. The van der Waals surface area contributed by atoms with Crippen LogP contribution in [0.1, 0.15) is 21.5 Å². The second kappa shape index (κ2) is 10.4. The minimum atomic E-state index is -0.610. The van der Waals surface area contributed by atoms with Crippen LogP contribution >= 0.6 is 58.2 Å². The molecule has 5 nitrogen and oxygen atoms in total. The molecule has 1 aliphatic rings. The van der Waals surface area contributed by atoms with Crippen LogP contribution in [0.2, 0.25) is 20.1 Å². The van der Waals surface area contributed by atoms with E-state index in [1.165, 1.54) is 24.3 Å². The Hall–Kier alpha value is -2.48. The molecule has 0 aromatic heterocycles. The van der Waals surface area contributed by atoms with Crippen molar-refractivity contribution in [2.75, 3.05) is 0 Å². The van der Waals surface area contributed by atoms with Crippen LogP contribution in [0.15, 0.2) is 65.6 Å². The van der Waals surface area contributed by atoms with Gasteiger partial charge in [-0.15, -0.1) is 0 Å². The molecule has 0 spiro atoms. The Morgan fingerprint density at radius 2 is 1.59 bits per heavy atom. The second-order valence-corrected chi connectivity index (χ2v) is 9.78. The summed E-state index contributed by atoms with van der Waals surface area (Å²) < 4.78 is 5.51. The molecule has 0 aliphatic carbocycles. The molecule has 34 heavy (non-hydrogen) atoms. The van der Waals surface area contributed by atoms with Gasteiger partial charge in [-0.2, -0.15) is 0 Å².